The second kappa shape index (κ2) is 6.69. The molecule has 0 radical (unpaired) electrons. The fourth-order valence-electron chi connectivity index (χ4n) is 1.87. The molecule has 0 saturated heterocycles. The number of ether oxygens (including phenoxy) is 1. The van der Waals surface area contributed by atoms with E-state index in [0.29, 0.717) is 10.2 Å². The minimum Gasteiger partial charge on any atom is -0.450 e. The van der Waals surface area contributed by atoms with Crippen LogP contribution in [0.25, 0.3) is 0 Å². The van der Waals surface area contributed by atoms with Crippen LogP contribution in [-0.2, 0) is 0 Å². The maximum Gasteiger partial charge on any atom is 0.312 e. The van der Waals surface area contributed by atoms with E-state index in [-0.39, 0.29) is 17.5 Å². The van der Waals surface area contributed by atoms with Crippen LogP contribution >= 0.6 is 15.9 Å². The monoisotopic (exact) mass is 350 g/mol. The van der Waals surface area contributed by atoms with Crippen LogP contribution in [0.1, 0.15) is 24.9 Å². The third kappa shape index (κ3) is 3.80. The largest absolute Gasteiger partial charge is 0.450 e. The standard InChI is InChI=1S/C15H15BrN2O3/c1-2-13(17)10-3-6-12(7-4-10)21-15-8-5-11(16)9-14(15)18(19)20/h3-9,13H,2,17H2,1H3. The summed E-state index contributed by atoms with van der Waals surface area (Å²) in [6.07, 6.45) is 0.846. The van der Waals surface area contributed by atoms with Gasteiger partial charge in [-0.1, -0.05) is 35.0 Å². The molecule has 2 aromatic rings. The Hall–Kier alpha value is -1.92. The molecule has 1 atom stereocenters. The van der Waals surface area contributed by atoms with Gasteiger partial charge in [-0.3, -0.25) is 10.1 Å². The highest BCUT2D eigenvalue weighted by Gasteiger charge is 2.16. The molecule has 0 fully saturated rings. The van der Waals surface area contributed by atoms with Crippen LogP contribution in [0.5, 0.6) is 11.5 Å². The van der Waals surface area contributed by atoms with Crippen LogP contribution in [0.2, 0.25) is 0 Å². The van der Waals surface area contributed by atoms with Crippen molar-refractivity contribution in [1.29, 1.82) is 0 Å². The maximum atomic E-state index is 11.0. The van der Waals surface area contributed by atoms with Gasteiger partial charge in [0.1, 0.15) is 5.75 Å². The minimum absolute atomic E-state index is 0.0129. The Labute approximate surface area is 131 Å². The SMILES string of the molecule is CCC(N)c1ccc(Oc2ccc(Br)cc2[N+](=O)[O-])cc1. The first-order valence-corrected chi connectivity index (χ1v) is 7.28. The van der Waals surface area contributed by atoms with E-state index in [1.54, 1.807) is 24.3 Å². The molecule has 0 saturated carbocycles. The van der Waals surface area contributed by atoms with E-state index >= 15 is 0 Å². The molecule has 0 aromatic heterocycles. The summed E-state index contributed by atoms with van der Waals surface area (Å²) in [6, 6.07) is 11.9. The molecule has 2 aromatic carbocycles. The number of nitrogens with two attached hydrogens (primary N) is 1. The lowest BCUT2D eigenvalue weighted by molar-refractivity contribution is -0.385. The average Bonchev–Trinajstić information content (AvgIpc) is 2.49. The van der Waals surface area contributed by atoms with Crippen molar-refractivity contribution in [3.8, 4) is 11.5 Å². The number of rotatable bonds is 5. The van der Waals surface area contributed by atoms with Crippen molar-refractivity contribution in [2.24, 2.45) is 5.73 Å². The minimum atomic E-state index is -0.471. The number of nitro groups is 1. The van der Waals surface area contributed by atoms with Crippen molar-refractivity contribution < 1.29 is 9.66 Å². The van der Waals surface area contributed by atoms with Gasteiger partial charge in [-0.15, -0.1) is 0 Å². The Balaban J connectivity index is 2.24. The second-order valence-corrected chi connectivity index (χ2v) is 5.47. The Morgan fingerprint density at radius 3 is 2.52 bits per heavy atom. The number of hydrogen-bond acceptors (Lipinski definition) is 4. The van der Waals surface area contributed by atoms with Crippen molar-refractivity contribution in [2.75, 3.05) is 0 Å². The van der Waals surface area contributed by atoms with Gasteiger partial charge in [0.15, 0.2) is 0 Å². The van der Waals surface area contributed by atoms with Gasteiger partial charge in [0.2, 0.25) is 5.75 Å². The first-order chi connectivity index (χ1) is 10.0. The quantitative estimate of drug-likeness (QED) is 0.633. The molecule has 0 aliphatic rings. The number of halogens is 1. The zero-order valence-corrected chi connectivity index (χ0v) is 13.0. The fourth-order valence-corrected chi connectivity index (χ4v) is 2.21. The summed E-state index contributed by atoms with van der Waals surface area (Å²) in [4.78, 5) is 10.6. The highest BCUT2D eigenvalue weighted by atomic mass is 79.9. The van der Waals surface area contributed by atoms with Gasteiger partial charge < -0.3 is 10.5 Å². The molecule has 110 valence electrons. The Morgan fingerprint density at radius 2 is 1.95 bits per heavy atom. The third-order valence-corrected chi connectivity index (χ3v) is 3.59. The van der Waals surface area contributed by atoms with E-state index in [1.165, 1.54) is 6.07 Å². The predicted octanol–water partition coefficient (Wildman–Crippen LogP) is 4.56. The molecule has 0 aliphatic heterocycles. The molecule has 5 nitrogen and oxygen atoms in total. The van der Waals surface area contributed by atoms with Gasteiger partial charge in [-0.25, -0.2) is 0 Å². The summed E-state index contributed by atoms with van der Waals surface area (Å²) >= 11 is 3.21. The fraction of sp³-hybridized carbons (Fsp3) is 0.200. The molecule has 2 N–H and O–H groups in total. The second-order valence-electron chi connectivity index (χ2n) is 4.55. The average molecular weight is 351 g/mol. The molecular weight excluding hydrogens is 336 g/mol. The van der Waals surface area contributed by atoms with E-state index in [0.717, 1.165) is 12.0 Å². The molecule has 0 heterocycles. The smallest absolute Gasteiger partial charge is 0.312 e. The van der Waals surface area contributed by atoms with E-state index in [2.05, 4.69) is 15.9 Å². The molecule has 0 spiro atoms. The third-order valence-electron chi connectivity index (χ3n) is 3.09. The van der Waals surface area contributed by atoms with Gasteiger partial charge in [0.25, 0.3) is 0 Å². The first-order valence-electron chi connectivity index (χ1n) is 6.48. The van der Waals surface area contributed by atoms with Crippen molar-refractivity contribution >= 4 is 21.6 Å². The van der Waals surface area contributed by atoms with Crippen LogP contribution in [-0.4, -0.2) is 4.92 Å². The molecule has 1 unspecified atom stereocenters. The van der Waals surface area contributed by atoms with Crippen molar-refractivity contribution in [3.05, 3.63) is 62.6 Å². The van der Waals surface area contributed by atoms with Crippen LogP contribution < -0.4 is 10.5 Å². The summed E-state index contributed by atoms with van der Waals surface area (Å²) in [7, 11) is 0. The van der Waals surface area contributed by atoms with Gasteiger partial charge in [0, 0.05) is 16.6 Å². The maximum absolute atomic E-state index is 11.0. The lowest BCUT2D eigenvalue weighted by Crippen LogP contribution is -2.08. The summed E-state index contributed by atoms with van der Waals surface area (Å²) in [5.74, 6) is 0.739. The van der Waals surface area contributed by atoms with Crippen LogP contribution in [0.3, 0.4) is 0 Å². The lowest BCUT2D eigenvalue weighted by Gasteiger charge is -2.11. The van der Waals surface area contributed by atoms with Gasteiger partial charge >= 0.3 is 5.69 Å². The van der Waals surface area contributed by atoms with E-state index in [1.807, 2.05) is 19.1 Å². The van der Waals surface area contributed by atoms with Crippen LogP contribution in [0, 0.1) is 10.1 Å². The molecule has 0 bridgehead atoms. The predicted molar refractivity (Wildman–Crippen MR) is 84.5 cm³/mol. The van der Waals surface area contributed by atoms with Crippen LogP contribution in [0.15, 0.2) is 46.9 Å². The normalized spacial score (nSPS) is 12.0. The first kappa shape index (κ1) is 15.5. The summed E-state index contributed by atoms with van der Waals surface area (Å²) in [5.41, 5.74) is 6.87. The topological polar surface area (TPSA) is 78.4 Å². The Morgan fingerprint density at radius 1 is 1.29 bits per heavy atom. The molecule has 21 heavy (non-hydrogen) atoms. The zero-order chi connectivity index (χ0) is 15.4. The number of hydrogen-bond donors (Lipinski definition) is 1. The number of benzene rings is 2. The molecular formula is C15H15BrN2O3. The molecule has 2 rings (SSSR count). The summed E-state index contributed by atoms with van der Waals surface area (Å²) < 4.78 is 6.22. The molecule has 6 heteroatoms. The van der Waals surface area contributed by atoms with E-state index < -0.39 is 4.92 Å². The number of nitrogens with zero attached hydrogens (tertiary/aromatic N) is 1. The summed E-state index contributed by atoms with van der Waals surface area (Å²) in [5, 5.41) is 11.0. The number of nitro benzene ring substituents is 1. The van der Waals surface area contributed by atoms with Gasteiger partial charge in [-0.05, 0) is 36.2 Å². The Kier molecular flexibility index (Phi) is 4.93. The highest BCUT2D eigenvalue weighted by molar-refractivity contribution is 9.10. The Bertz CT molecular complexity index is 644. The van der Waals surface area contributed by atoms with Crippen molar-refractivity contribution in [3.63, 3.8) is 0 Å². The van der Waals surface area contributed by atoms with Crippen molar-refractivity contribution in [1.82, 2.24) is 0 Å². The summed E-state index contributed by atoms with van der Waals surface area (Å²) in [6.45, 7) is 2.01. The van der Waals surface area contributed by atoms with E-state index in [4.69, 9.17) is 10.5 Å². The van der Waals surface area contributed by atoms with E-state index in [9.17, 15) is 10.1 Å². The van der Waals surface area contributed by atoms with Gasteiger partial charge in [0.05, 0.1) is 4.92 Å². The van der Waals surface area contributed by atoms with Crippen molar-refractivity contribution in [2.45, 2.75) is 19.4 Å². The van der Waals surface area contributed by atoms with Crippen LogP contribution in [0.4, 0.5) is 5.69 Å². The molecule has 0 amide bonds. The van der Waals surface area contributed by atoms with Gasteiger partial charge in [-0.2, -0.15) is 0 Å². The highest BCUT2D eigenvalue weighted by Crippen LogP contribution is 2.33. The molecule has 0 aliphatic carbocycles. The zero-order valence-electron chi connectivity index (χ0n) is 11.5. The lowest BCUT2D eigenvalue weighted by atomic mass is 10.1.